The molecule has 0 saturated carbocycles. The molecule has 9 nitrogen and oxygen atoms in total. The van der Waals surface area contributed by atoms with Gasteiger partial charge in [-0.2, -0.15) is 4.98 Å². The fraction of sp³-hybridized carbons (Fsp3) is 0.167. The van der Waals surface area contributed by atoms with Gasteiger partial charge in [0.25, 0.3) is 11.4 Å². The Labute approximate surface area is 203 Å². The molecule has 0 unspecified atom stereocenters. The summed E-state index contributed by atoms with van der Waals surface area (Å²) in [5.74, 6) is 0.403. The second kappa shape index (κ2) is 8.88. The summed E-state index contributed by atoms with van der Waals surface area (Å²) < 4.78 is 30.8. The van der Waals surface area contributed by atoms with Gasteiger partial charge in [0.15, 0.2) is 11.5 Å². The van der Waals surface area contributed by atoms with E-state index in [1.807, 2.05) is 0 Å². The molecular formula is C24H18ClFN4O5. The standard InChI is InChI=1S/C24H18ClFN4O5/c1-12-7-13(2)30(10-20(31)27-15-4-5-17(26)16(25)9-15)24(32)21(12)23-28-22(29-35-23)14-3-6-18-19(8-14)34-11-33-18/h3-9H,10-11H2,1-2H3,(H,27,31). The fourth-order valence-corrected chi connectivity index (χ4v) is 3.96. The van der Waals surface area contributed by atoms with Gasteiger partial charge in [-0.05, 0) is 61.9 Å². The Morgan fingerprint density at radius 3 is 2.74 bits per heavy atom. The summed E-state index contributed by atoms with van der Waals surface area (Å²) in [6, 6.07) is 10.8. The number of ether oxygens (including phenoxy) is 2. The maximum atomic E-state index is 13.4. The smallest absolute Gasteiger partial charge is 0.264 e. The summed E-state index contributed by atoms with van der Waals surface area (Å²) in [6.45, 7) is 3.32. The largest absolute Gasteiger partial charge is 0.454 e. The van der Waals surface area contributed by atoms with Gasteiger partial charge in [0.2, 0.25) is 18.5 Å². The number of carbonyl (C=O) groups is 1. The van der Waals surface area contributed by atoms with Crippen molar-refractivity contribution in [3.8, 4) is 34.3 Å². The molecule has 4 aromatic rings. The first-order valence-electron chi connectivity index (χ1n) is 10.5. The number of pyridine rings is 1. The van der Waals surface area contributed by atoms with Crippen LogP contribution in [0.15, 0.2) is 51.8 Å². The molecule has 11 heteroatoms. The van der Waals surface area contributed by atoms with Crippen molar-refractivity contribution >= 4 is 23.2 Å². The minimum Gasteiger partial charge on any atom is -0.454 e. The van der Waals surface area contributed by atoms with E-state index < -0.39 is 17.3 Å². The predicted octanol–water partition coefficient (Wildman–Crippen LogP) is 4.34. The summed E-state index contributed by atoms with van der Waals surface area (Å²) in [7, 11) is 0. The van der Waals surface area contributed by atoms with Gasteiger partial charge in [-0.1, -0.05) is 16.8 Å². The lowest BCUT2D eigenvalue weighted by atomic mass is 10.1. The molecule has 0 aliphatic carbocycles. The molecule has 35 heavy (non-hydrogen) atoms. The first kappa shape index (κ1) is 22.6. The summed E-state index contributed by atoms with van der Waals surface area (Å²) in [4.78, 5) is 30.4. The Bertz CT molecular complexity index is 1530. The van der Waals surface area contributed by atoms with Crippen LogP contribution in [0.2, 0.25) is 5.02 Å². The first-order valence-corrected chi connectivity index (χ1v) is 10.9. The van der Waals surface area contributed by atoms with Crippen LogP contribution >= 0.6 is 11.6 Å². The number of rotatable bonds is 5. The average Bonchev–Trinajstić information content (AvgIpc) is 3.48. The zero-order valence-corrected chi connectivity index (χ0v) is 19.4. The van der Waals surface area contributed by atoms with Crippen molar-refractivity contribution in [1.29, 1.82) is 0 Å². The SMILES string of the molecule is Cc1cc(C)n(CC(=O)Nc2ccc(F)c(Cl)c2)c(=O)c1-c1nc(-c2ccc3c(c2)OCO3)no1. The number of carbonyl (C=O) groups excluding carboxylic acids is 1. The number of halogens is 2. The van der Waals surface area contributed by atoms with E-state index in [0.29, 0.717) is 34.0 Å². The third-order valence-corrected chi connectivity index (χ3v) is 5.77. The number of hydrogen-bond acceptors (Lipinski definition) is 7. The highest BCUT2D eigenvalue weighted by atomic mass is 35.5. The van der Waals surface area contributed by atoms with Crippen LogP contribution in [0.25, 0.3) is 22.8 Å². The van der Waals surface area contributed by atoms with Gasteiger partial charge >= 0.3 is 0 Å². The number of aromatic nitrogens is 3. The van der Waals surface area contributed by atoms with Crippen molar-refractivity contribution in [1.82, 2.24) is 14.7 Å². The molecule has 0 atom stereocenters. The summed E-state index contributed by atoms with van der Waals surface area (Å²) >= 11 is 5.77. The van der Waals surface area contributed by atoms with E-state index in [4.69, 9.17) is 25.6 Å². The number of nitrogens with one attached hydrogen (secondary N) is 1. The normalized spacial score (nSPS) is 12.1. The molecule has 2 aromatic heterocycles. The molecule has 0 radical (unpaired) electrons. The lowest BCUT2D eigenvalue weighted by molar-refractivity contribution is -0.116. The number of anilines is 1. The van der Waals surface area contributed by atoms with Gasteiger partial charge in [-0.3, -0.25) is 9.59 Å². The molecule has 1 aliphatic heterocycles. The number of amides is 1. The second-order valence-electron chi connectivity index (χ2n) is 7.90. The number of benzene rings is 2. The Morgan fingerprint density at radius 2 is 1.94 bits per heavy atom. The van der Waals surface area contributed by atoms with E-state index in [2.05, 4.69) is 15.5 Å². The highest BCUT2D eigenvalue weighted by Crippen LogP contribution is 2.35. The minimum absolute atomic E-state index is 0.0274. The van der Waals surface area contributed by atoms with Crippen molar-refractivity contribution in [2.75, 3.05) is 12.1 Å². The molecule has 0 spiro atoms. The number of nitrogens with zero attached hydrogens (tertiary/aromatic N) is 3. The van der Waals surface area contributed by atoms with E-state index in [-0.39, 0.29) is 35.6 Å². The second-order valence-corrected chi connectivity index (χ2v) is 8.31. The Morgan fingerprint density at radius 1 is 1.14 bits per heavy atom. The predicted molar refractivity (Wildman–Crippen MR) is 125 cm³/mol. The molecule has 5 rings (SSSR count). The van der Waals surface area contributed by atoms with Crippen LogP contribution in [0.3, 0.4) is 0 Å². The van der Waals surface area contributed by atoms with Crippen molar-refractivity contribution in [3.63, 3.8) is 0 Å². The van der Waals surface area contributed by atoms with Gasteiger partial charge in [-0.25, -0.2) is 4.39 Å². The highest BCUT2D eigenvalue weighted by Gasteiger charge is 2.22. The molecule has 0 saturated heterocycles. The van der Waals surface area contributed by atoms with Crippen molar-refractivity contribution in [2.45, 2.75) is 20.4 Å². The molecule has 0 bridgehead atoms. The van der Waals surface area contributed by atoms with Crippen molar-refractivity contribution in [3.05, 3.63) is 74.9 Å². The number of aryl methyl sites for hydroxylation is 2. The maximum absolute atomic E-state index is 13.4. The van der Waals surface area contributed by atoms with Crippen LogP contribution in [-0.4, -0.2) is 27.4 Å². The van der Waals surface area contributed by atoms with Crippen LogP contribution in [0, 0.1) is 19.7 Å². The van der Waals surface area contributed by atoms with Crippen molar-refractivity contribution in [2.24, 2.45) is 0 Å². The molecule has 3 heterocycles. The molecule has 178 valence electrons. The Balaban J connectivity index is 1.43. The van der Waals surface area contributed by atoms with Gasteiger partial charge in [0, 0.05) is 16.9 Å². The summed E-state index contributed by atoms with van der Waals surface area (Å²) in [5, 5.41) is 6.49. The van der Waals surface area contributed by atoms with Crippen LogP contribution in [0.4, 0.5) is 10.1 Å². The minimum atomic E-state index is -0.598. The van der Waals surface area contributed by atoms with Crippen LogP contribution in [-0.2, 0) is 11.3 Å². The molecular weight excluding hydrogens is 479 g/mol. The van der Waals surface area contributed by atoms with E-state index in [9.17, 15) is 14.0 Å². The van der Waals surface area contributed by atoms with Crippen molar-refractivity contribution < 1.29 is 23.2 Å². The van der Waals surface area contributed by atoms with Gasteiger partial charge in [0.1, 0.15) is 17.9 Å². The molecule has 1 aliphatic rings. The van der Waals surface area contributed by atoms with E-state index in [1.165, 1.54) is 16.7 Å². The number of hydrogen-bond donors (Lipinski definition) is 1. The zero-order chi connectivity index (χ0) is 24.7. The Hall–Kier alpha value is -4.18. The van der Waals surface area contributed by atoms with Gasteiger partial charge in [0.05, 0.1) is 5.02 Å². The Kier molecular flexibility index (Phi) is 5.73. The summed E-state index contributed by atoms with van der Waals surface area (Å²) in [6.07, 6.45) is 0. The first-order chi connectivity index (χ1) is 16.8. The summed E-state index contributed by atoms with van der Waals surface area (Å²) in [5.41, 5.74) is 1.86. The van der Waals surface area contributed by atoms with Crippen LogP contribution < -0.4 is 20.3 Å². The molecule has 1 amide bonds. The average molecular weight is 497 g/mol. The quantitative estimate of drug-likeness (QED) is 0.437. The number of fused-ring (bicyclic) bond motifs is 1. The zero-order valence-electron chi connectivity index (χ0n) is 18.6. The lowest BCUT2D eigenvalue weighted by Gasteiger charge is -2.13. The topological polar surface area (TPSA) is 108 Å². The lowest BCUT2D eigenvalue weighted by Crippen LogP contribution is -2.30. The van der Waals surface area contributed by atoms with E-state index in [1.54, 1.807) is 38.1 Å². The van der Waals surface area contributed by atoms with Gasteiger partial charge in [-0.15, -0.1) is 0 Å². The molecule has 2 aromatic carbocycles. The third kappa shape index (κ3) is 4.35. The van der Waals surface area contributed by atoms with E-state index >= 15 is 0 Å². The monoisotopic (exact) mass is 496 g/mol. The maximum Gasteiger partial charge on any atom is 0.264 e. The van der Waals surface area contributed by atoms with E-state index in [0.717, 1.165) is 6.07 Å². The highest BCUT2D eigenvalue weighted by molar-refractivity contribution is 6.31. The third-order valence-electron chi connectivity index (χ3n) is 5.48. The van der Waals surface area contributed by atoms with Gasteiger partial charge < -0.3 is 23.9 Å². The van der Waals surface area contributed by atoms with Crippen LogP contribution in [0.5, 0.6) is 11.5 Å². The fourth-order valence-electron chi connectivity index (χ4n) is 3.78. The molecule has 1 N–H and O–H groups in total. The molecule has 0 fully saturated rings. The van der Waals surface area contributed by atoms with Crippen LogP contribution in [0.1, 0.15) is 11.3 Å².